The van der Waals surface area contributed by atoms with E-state index in [9.17, 15) is 4.79 Å². The molecule has 2 aliphatic heterocycles. The number of nitrogens with zero attached hydrogens (tertiary/aromatic N) is 1. The fourth-order valence-electron chi connectivity index (χ4n) is 4.21. The molecule has 0 saturated heterocycles. The van der Waals surface area contributed by atoms with Gasteiger partial charge in [-0.15, -0.1) is 0 Å². The number of methoxy groups -OCH3 is 1. The number of rotatable bonds is 2. The Morgan fingerprint density at radius 1 is 1.22 bits per heavy atom. The Hall–Kier alpha value is -2.95. The molecule has 5 rings (SSSR count). The van der Waals surface area contributed by atoms with E-state index in [-0.39, 0.29) is 12.0 Å². The molecule has 0 saturated carbocycles. The maximum Gasteiger partial charge on any atom is 0.263 e. The van der Waals surface area contributed by atoms with Crippen LogP contribution < -0.4 is 9.47 Å². The van der Waals surface area contributed by atoms with Crippen molar-refractivity contribution in [2.45, 2.75) is 31.9 Å². The number of fused-ring (bicyclic) bond motifs is 4. The highest BCUT2D eigenvalue weighted by atomic mass is 16.5. The van der Waals surface area contributed by atoms with Gasteiger partial charge in [-0.2, -0.15) is 0 Å². The number of hydrogen-bond donors (Lipinski definition) is 1. The molecule has 3 heterocycles. The molecule has 1 N–H and O–H groups in total. The zero-order chi connectivity index (χ0) is 18.4. The maximum absolute atomic E-state index is 13.1. The van der Waals surface area contributed by atoms with Crippen molar-refractivity contribution in [2.24, 2.45) is 0 Å². The number of aromatic amines is 1. The highest BCUT2D eigenvalue weighted by Crippen LogP contribution is 2.32. The van der Waals surface area contributed by atoms with Gasteiger partial charge < -0.3 is 19.4 Å². The molecule has 5 nitrogen and oxygen atoms in total. The normalized spacial score (nSPS) is 18.6. The van der Waals surface area contributed by atoms with Gasteiger partial charge in [0.1, 0.15) is 11.5 Å². The molecule has 1 aromatic heterocycles. The number of hydrogen-bond acceptors (Lipinski definition) is 3. The molecule has 0 radical (unpaired) electrons. The van der Waals surface area contributed by atoms with Gasteiger partial charge in [-0.1, -0.05) is 18.2 Å². The number of aromatic nitrogens is 1. The highest BCUT2D eigenvalue weighted by molar-refractivity contribution is 5.88. The minimum Gasteiger partial charge on any atom is -0.497 e. The fourth-order valence-corrected chi connectivity index (χ4v) is 4.21. The Kier molecular flexibility index (Phi) is 3.81. The topological polar surface area (TPSA) is 54.6 Å². The summed E-state index contributed by atoms with van der Waals surface area (Å²) < 4.78 is 11.4. The smallest absolute Gasteiger partial charge is 0.263 e. The fraction of sp³-hybridized carbons (Fsp3) is 0.318. The zero-order valence-electron chi connectivity index (χ0n) is 15.3. The van der Waals surface area contributed by atoms with Crippen molar-refractivity contribution in [3.63, 3.8) is 0 Å². The molecule has 0 bridgehead atoms. The van der Waals surface area contributed by atoms with Gasteiger partial charge in [0, 0.05) is 41.7 Å². The lowest BCUT2D eigenvalue weighted by Gasteiger charge is -2.33. The van der Waals surface area contributed by atoms with Gasteiger partial charge in [0.25, 0.3) is 5.91 Å². The average molecular weight is 362 g/mol. The summed E-state index contributed by atoms with van der Waals surface area (Å²) in [6.45, 7) is 1.33. The van der Waals surface area contributed by atoms with Gasteiger partial charge >= 0.3 is 0 Å². The largest absolute Gasteiger partial charge is 0.497 e. The predicted octanol–water partition coefficient (Wildman–Crippen LogP) is 3.46. The van der Waals surface area contributed by atoms with Crippen molar-refractivity contribution in [2.75, 3.05) is 13.7 Å². The third-order valence-electron chi connectivity index (χ3n) is 5.69. The second kappa shape index (κ2) is 6.34. The van der Waals surface area contributed by atoms with E-state index in [0.29, 0.717) is 6.54 Å². The minimum atomic E-state index is -0.388. The number of H-pyrrole nitrogens is 1. The molecule has 138 valence electrons. The third-order valence-corrected chi connectivity index (χ3v) is 5.69. The molecule has 2 aliphatic rings. The monoisotopic (exact) mass is 362 g/mol. The number of ether oxygens (including phenoxy) is 2. The van der Waals surface area contributed by atoms with Crippen LogP contribution in [0.5, 0.6) is 11.5 Å². The second-order valence-electron chi connectivity index (χ2n) is 7.26. The quantitative estimate of drug-likeness (QED) is 0.760. The van der Waals surface area contributed by atoms with Gasteiger partial charge in [0.2, 0.25) is 0 Å². The molecule has 2 aromatic carbocycles. The molecular weight excluding hydrogens is 340 g/mol. The number of aryl methyl sites for hydroxylation is 1. The van der Waals surface area contributed by atoms with Crippen LogP contribution in [0.25, 0.3) is 10.9 Å². The van der Waals surface area contributed by atoms with E-state index in [1.807, 2.05) is 41.3 Å². The van der Waals surface area contributed by atoms with Crippen molar-refractivity contribution in [3.05, 3.63) is 59.3 Å². The van der Waals surface area contributed by atoms with Crippen molar-refractivity contribution in [1.82, 2.24) is 9.88 Å². The average Bonchev–Trinajstić information content (AvgIpc) is 3.09. The molecule has 0 aliphatic carbocycles. The molecular formula is C22H22N2O3. The number of carbonyl (C=O) groups excluding carboxylic acids is 1. The van der Waals surface area contributed by atoms with E-state index in [4.69, 9.17) is 9.47 Å². The van der Waals surface area contributed by atoms with Crippen molar-refractivity contribution in [3.8, 4) is 11.5 Å². The summed E-state index contributed by atoms with van der Waals surface area (Å²) in [5.74, 6) is 1.77. The van der Waals surface area contributed by atoms with E-state index in [0.717, 1.165) is 48.2 Å². The number of carbonyl (C=O) groups is 1. The number of benzene rings is 2. The predicted molar refractivity (Wildman–Crippen MR) is 103 cm³/mol. The van der Waals surface area contributed by atoms with Crippen LogP contribution in [-0.2, 0) is 24.2 Å². The first-order chi connectivity index (χ1) is 13.2. The lowest BCUT2D eigenvalue weighted by atomic mass is 9.99. The molecule has 1 atom stereocenters. The van der Waals surface area contributed by atoms with Crippen LogP contribution in [0, 0.1) is 0 Å². The van der Waals surface area contributed by atoms with Gasteiger partial charge in [-0.25, -0.2) is 0 Å². The van der Waals surface area contributed by atoms with Crippen LogP contribution in [0.1, 0.15) is 23.2 Å². The third kappa shape index (κ3) is 2.74. The Labute approximate surface area is 157 Å². The maximum atomic E-state index is 13.1. The Bertz CT molecular complexity index is 1020. The summed E-state index contributed by atoms with van der Waals surface area (Å²) in [4.78, 5) is 18.6. The van der Waals surface area contributed by atoms with E-state index in [2.05, 4.69) is 11.1 Å². The minimum absolute atomic E-state index is 0.0902. The van der Waals surface area contributed by atoms with E-state index in [1.54, 1.807) is 7.11 Å². The summed E-state index contributed by atoms with van der Waals surface area (Å²) >= 11 is 0. The van der Waals surface area contributed by atoms with E-state index in [1.165, 1.54) is 16.8 Å². The molecule has 1 amide bonds. The molecule has 3 aromatic rings. The van der Waals surface area contributed by atoms with Crippen LogP contribution in [-0.4, -0.2) is 35.5 Å². The molecule has 5 heteroatoms. The molecule has 0 fully saturated rings. The van der Waals surface area contributed by atoms with Gasteiger partial charge in [-0.3, -0.25) is 4.79 Å². The first kappa shape index (κ1) is 16.2. The van der Waals surface area contributed by atoms with Crippen molar-refractivity contribution < 1.29 is 14.3 Å². The van der Waals surface area contributed by atoms with Crippen LogP contribution in [0.15, 0.2) is 42.5 Å². The van der Waals surface area contributed by atoms with Gasteiger partial charge in [0.15, 0.2) is 6.10 Å². The van der Waals surface area contributed by atoms with Crippen LogP contribution in [0.3, 0.4) is 0 Å². The Balaban J connectivity index is 1.40. The summed E-state index contributed by atoms with van der Waals surface area (Å²) in [7, 11) is 1.67. The lowest BCUT2D eigenvalue weighted by molar-refractivity contribution is -0.140. The van der Waals surface area contributed by atoms with Crippen LogP contribution in [0.2, 0.25) is 0 Å². The summed E-state index contributed by atoms with van der Waals surface area (Å²) in [6, 6.07) is 14.0. The molecule has 0 unspecified atom stereocenters. The first-order valence-electron chi connectivity index (χ1n) is 9.44. The summed E-state index contributed by atoms with van der Waals surface area (Å²) in [5.41, 5.74) is 4.70. The van der Waals surface area contributed by atoms with Crippen LogP contribution >= 0.6 is 0 Å². The summed E-state index contributed by atoms with van der Waals surface area (Å²) in [5, 5.41) is 1.14. The number of para-hydroxylation sites is 1. The standard InChI is InChI=1S/C22H22N2O3/c1-26-15-7-8-18-16(12-15)17-13-24(11-10-19(17)23-18)22(25)21-9-6-14-4-2-3-5-20(14)27-21/h2-5,7-8,12,21,23H,6,9-11,13H2,1H3/t21-/m0/s1. The SMILES string of the molecule is COc1ccc2[nH]c3c(c2c1)CN(C(=O)[C@@H]1CCc2ccccc2O1)CC3. The van der Waals surface area contributed by atoms with Gasteiger partial charge in [-0.05, 0) is 42.7 Å². The number of amides is 1. The van der Waals surface area contributed by atoms with E-state index >= 15 is 0 Å². The van der Waals surface area contributed by atoms with Crippen molar-refractivity contribution >= 4 is 16.8 Å². The lowest BCUT2D eigenvalue weighted by Crippen LogP contribution is -2.45. The molecule has 27 heavy (non-hydrogen) atoms. The van der Waals surface area contributed by atoms with E-state index < -0.39 is 0 Å². The first-order valence-corrected chi connectivity index (χ1v) is 9.44. The number of nitrogens with one attached hydrogen (secondary N) is 1. The Morgan fingerprint density at radius 3 is 3.00 bits per heavy atom. The van der Waals surface area contributed by atoms with Gasteiger partial charge in [0.05, 0.1) is 7.11 Å². The molecule has 0 spiro atoms. The zero-order valence-corrected chi connectivity index (χ0v) is 15.3. The summed E-state index contributed by atoms with van der Waals surface area (Å²) in [6.07, 6.45) is 2.07. The highest BCUT2D eigenvalue weighted by Gasteiger charge is 2.32. The second-order valence-corrected chi connectivity index (χ2v) is 7.26. The van der Waals surface area contributed by atoms with Crippen molar-refractivity contribution in [1.29, 1.82) is 0 Å². The Morgan fingerprint density at radius 2 is 2.11 bits per heavy atom. The van der Waals surface area contributed by atoms with Crippen LogP contribution in [0.4, 0.5) is 0 Å².